The van der Waals surface area contributed by atoms with Crippen molar-refractivity contribution in [3.63, 3.8) is 0 Å². The molecule has 27 heavy (non-hydrogen) atoms. The van der Waals surface area contributed by atoms with E-state index < -0.39 is 18.8 Å². The largest absolute Gasteiger partial charge is 0.399 e. The van der Waals surface area contributed by atoms with Crippen LogP contribution in [0.1, 0.15) is 28.8 Å². The average molecular weight is 456 g/mol. The minimum atomic E-state index is -5.60. The van der Waals surface area contributed by atoms with E-state index in [0.29, 0.717) is 6.54 Å². The summed E-state index contributed by atoms with van der Waals surface area (Å²) in [6.45, 7) is 0.510. The summed E-state index contributed by atoms with van der Waals surface area (Å²) in [5.41, 5.74) is -0.412. The van der Waals surface area contributed by atoms with Gasteiger partial charge in [0.25, 0.3) is 0 Å². The van der Waals surface area contributed by atoms with E-state index in [-0.39, 0.29) is 4.47 Å². The summed E-state index contributed by atoms with van der Waals surface area (Å²) in [6.07, 6.45) is 3.13. The molecule has 0 saturated heterocycles. The number of hydrogen-bond donors (Lipinski definition) is 2. The molecule has 3 aromatic rings. The van der Waals surface area contributed by atoms with Crippen LogP contribution in [0.15, 0.2) is 46.9 Å². The highest BCUT2D eigenvalue weighted by molar-refractivity contribution is 9.10. The van der Waals surface area contributed by atoms with Gasteiger partial charge in [0.15, 0.2) is 0 Å². The molecule has 8 heteroatoms. The van der Waals surface area contributed by atoms with Gasteiger partial charge in [-0.05, 0) is 42.5 Å². The Hall–Kier alpha value is -1.53. The predicted octanol–water partition coefficient (Wildman–Crippen LogP) is 5.17. The smallest absolute Gasteiger partial charge is 0.340 e. The van der Waals surface area contributed by atoms with Gasteiger partial charge in [-0.3, -0.25) is 4.57 Å². The average Bonchev–Trinajstić information content (AvgIpc) is 3.17. The van der Waals surface area contributed by atoms with Crippen LogP contribution in [-0.2, 0) is 29.6 Å². The molecular weight excluding hydrogens is 439 g/mol. The molecule has 4 rings (SSSR count). The predicted molar refractivity (Wildman–Crippen MR) is 103 cm³/mol. The van der Waals surface area contributed by atoms with Gasteiger partial charge in [-0.15, -0.1) is 0 Å². The van der Waals surface area contributed by atoms with Crippen molar-refractivity contribution >= 4 is 34.4 Å². The van der Waals surface area contributed by atoms with Crippen LogP contribution >= 0.6 is 23.5 Å². The molecule has 1 aliphatic rings. The van der Waals surface area contributed by atoms with Gasteiger partial charge in [-0.2, -0.15) is 8.78 Å². The van der Waals surface area contributed by atoms with E-state index in [1.807, 2.05) is 12.1 Å². The van der Waals surface area contributed by atoms with Crippen molar-refractivity contribution in [2.24, 2.45) is 0 Å². The zero-order valence-corrected chi connectivity index (χ0v) is 16.7. The lowest BCUT2D eigenvalue weighted by Gasteiger charge is -2.20. The van der Waals surface area contributed by atoms with Gasteiger partial charge >= 0.3 is 13.3 Å². The molecule has 1 aromatic heterocycles. The van der Waals surface area contributed by atoms with Crippen molar-refractivity contribution in [1.82, 2.24) is 4.57 Å². The Kier molecular flexibility index (Phi) is 4.54. The summed E-state index contributed by atoms with van der Waals surface area (Å²) in [4.78, 5) is 17.9. The molecule has 0 spiro atoms. The topological polar surface area (TPSA) is 62.5 Å². The van der Waals surface area contributed by atoms with E-state index in [0.717, 1.165) is 36.4 Å². The number of aryl methyl sites for hydroxylation is 1. The minimum absolute atomic E-state index is 0.0126. The standard InChI is InChI=1S/C19H17BrF2NO3P/c20-16-10-12(8-9-15(16)19(21,22)27(24,25)26)11-23-17-6-2-1-4-13(17)14-5-3-7-18(14)23/h1-2,4,6,8-10H,3,5,7,11H2,(H2,24,25,26). The first-order chi connectivity index (χ1) is 12.7. The molecule has 0 amide bonds. The highest BCUT2D eigenvalue weighted by Gasteiger charge is 2.51. The van der Waals surface area contributed by atoms with E-state index in [2.05, 4.69) is 32.6 Å². The molecule has 142 valence electrons. The highest BCUT2D eigenvalue weighted by Crippen LogP contribution is 2.60. The Morgan fingerprint density at radius 3 is 2.59 bits per heavy atom. The number of fused-ring (bicyclic) bond motifs is 3. The quantitative estimate of drug-likeness (QED) is 0.533. The van der Waals surface area contributed by atoms with Crippen molar-refractivity contribution < 1.29 is 23.1 Å². The van der Waals surface area contributed by atoms with Gasteiger partial charge in [0.1, 0.15) is 0 Å². The molecule has 1 aliphatic carbocycles. The third-order valence-electron chi connectivity index (χ3n) is 5.10. The molecule has 0 bridgehead atoms. The number of para-hydroxylation sites is 1. The number of hydrogen-bond acceptors (Lipinski definition) is 1. The van der Waals surface area contributed by atoms with Crippen LogP contribution in [0.4, 0.5) is 8.78 Å². The Morgan fingerprint density at radius 2 is 1.89 bits per heavy atom. The summed E-state index contributed by atoms with van der Waals surface area (Å²) in [6, 6.07) is 12.3. The van der Waals surface area contributed by atoms with Crippen molar-refractivity contribution in [3.8, 4) is 0 Å². The molecule has 1 heterocycles. The first kappa shape index (κ1) is 18.8. The van der Waals surface area contributed by atoms with E-state index in [1.54, 1.807) is 0 Å². The monoisotopic (exact) mass is 455 g/mol. The summed E-state index contributed by atoms with van der Waals surface area (Å²) in [5, 5.41) is 1.23. The molecule has 2 N–H and O–H groups in total. The normalized spacial score (nSPS) is 14.7. The lowest BCUT2D eigenvalue weighted by molar-refractivity contribution is 0.0557. The Bertz CT molecular complexity index is 1090. The van der Waals surface area contributed by atoms with Crippen LogP contribution in [-0.4, -0.2) is 14.4 Å². The van der Waals surface area contributed by atoms with Crippen LogP contribution < -0.4 is 0 Å². The van der Waals surface area contributed by atoms with Crippen LogP contribution in [0.5, 0.6) is 0 Å². The van der Waals surface area contributed by atoms with Crippen LogP contribution in [0, 0.1) is 0 Å². The maximum Gasteiger partial charge on any atom is 0.399 e. The number of nitrogens with zero attached hydrogens (tertiary/aromatic N) is 1. The number of rotatable bonds is 4. The van der Waals surface area contributed by atoms with Crippen LogP contribution in [0.25, 0.3) is 10.9 Å². The molecule has 0 radical (unpaired) electrons. The Balaban J connectivity index is 1.74. The summed E-state index contributed by atoms with van der Waals surface area (Å²) >= 11 is 3.06. The van der Waals surface area contributed by atoms with Crippen molar-refractivity contribution in [2.45, 2.75) is 31.5 Å². The van der Waals surface area contributed by atoms with E-state index >= 15 is 0 Å². The van der Waals surface area contributed by atoms with Crippen LogP contribution in [0.3, 0.4) is 0 Å². The van der Waals surface area contributed by atoms with Crippen molar-refractivity contribution in [2.75, 3.05) is 0 Å². The van der Waals surface area contributed by atoms with Crippen molar-refractivity contribution in [3.05, 3.63) is 69.3 Å². The molecule has 0 aliphatic heterocycles. The van der Waals surface area contributed by atoms with Gasteiger partial charge in [0.2, 0.25) is 0 Å². The lowest BCUT2D eigenvalue weighted by atomic mass is 10.1. The number of benzene rings is 2. The van der Waals surface area contributed by atoms with Crippen LogP contribution in [0.2, 0.25) is 0 Å². The second kappa shape index (κ2) is 6.52. The lowest BCUT2D eigenvalue weighted by Crippen LogP contribution is -2.15. The Labute approximate surface area is 163 Å². The second-order valence-corrected chi connectivity index (χ2v) is 9.29. The summed E-state index contributed by atoms with van der Waals surface area (Å²) < 4.78 is 41.4. The number of alkyl halides is 2. The first-order valence-electron chi connectivity index (χ1n) is 8.51. The minimum Gasteiger partial charge on any atom is -0.340 e. The highest BCUT2D eigenvalue weighted by atomic mass is 79.9. The second-order valence-electron chi connectivity index (χ2n) is 6.78. The van der Waals surface area contributed by atoms with Gasteiger partial charge in [-0.25, -0.2) is 0 Å². The third kappa shape index (κ3) is 3.07. The molecule has 0 atom stereocenters. The maximum absolute atomic E-state index is 14.0. The number of aromatic nitrogens is 1. The SMILES string of the molecule is O=P(O)(O)C(F)(F)c1ccc(Cn2c3c(c4ccccc42)CCC3)cc1Br. The fourth-order valence-electron chi connectivity index (χ4n) is 3.85. The van der Waals surface area contributed by atoms with Gasteiger partial charge in [-0.1, -0.05) is 46.3 Å². The molecular formula is C19H17BrF2NO3P. The van der Waals surface area contributed by atoms with E-state index in [4.69, 9.17) is 9.79 Å². The molecule has 0 unspecified atom stereocenters. The molecule has 4 nitrogen and oxygen atoms in total. The molecule has 0 fully saturated rings. The number of halogens is 3. The fourth-order valence-corrected chi connectivity index (χ4v) is 5.18. The van der Waals surface area contributed by atoms with Gasteiger partial charge in [0.05, 0.1) is 0 Å². The van der Waals surface area contributed by atoms with E-state index in [9.17, 15) is 13.3 Å². The van der Waals surface area contributed by atoms with Gasteiger partial charge in [0, 0.05) is 33.2 Å². The van der Waals surface area contributed by atoms with Crippen molar-refractivity contribution in [1.29, 1.82) is 0 Å². The van der Waals surface area contributed by atoms with Gasteiger partial charge < -0.3 is 14.4 Å². The molecule has 0 saturated carbocycles. The Morgan fingerprint density at radius 1 is 1.15 bits per heavy atom. The first-order valence-corrected chi connectivity index (χ1v) is 10.9. The molecule has 2 aromatic carbocycles. The summed E-state index contributed by atoms with van der Waals surface area (Å²) in [7, 11) is -5.60. The zero-order chi connectivity index (χ0) is 19.4. The summed E-state index contributed by atoms with van der Waals surface area (Å²) in [5.74, 6) is 0. The maximum atomic E-state index is 14.0. The fraction of sp³-hybridized carbons (Fsp3) is 0.263. The van der Waals surface area contributed by atoms with E-state index in [1.165, 1.54) is 28.8 Å². The third-order valence-corrected chi connectivity index (χ3v) is 6.73. The zero-order valence-electron chi connectivity index (χ0n) is 14.2.